The minimum absolute atomic E-state index is 0.239. The maximum atomic E-state index is 11.0. The predicted molar refractivity (Wildman–Crippen MR) is 61.6 cm³/mol. The number of carbonyl (C=O) groups is 1. The molecule has 1 aliphatic rings. The van der Waals surface area contributed by atoms with Crippen molar-refractivity contribution in [3.63, 3.8) is 0 Å². The molecule has 1 aromatic heterocycles. The number of fused-ring (bicyclic) bond motifs is 1. The van der Waals surface area contributed by atoms with E-state index in [1.807, 2.05) is 11.3 Å². The highest BCUT2D eigenvalue weighted by molar-refractivity contribution is 7.12. The van der Waals surface area contributed by atoms with Crippen LogP contribution in [-0.2, 0) is 17.6 Å². The predicted octanol–water partition coefficient (Wildman–Crippen LogP) is 3.06. The van der Waals surface area contributed by atoms with Gasteiger partial charge < -0.3 is 5.11 Å². The van der Waals surface area contributed by atoms with Crippen LogP contribution in [0.25, 0.3) is 0 Å². The van der Waals surface area contributed by atoms with E-state index in [0.29, 0.717) is 5.92 Å². The SMILES string of the molecule is CC(C)Cc1cc2c(s1)CCC2C(=O)O. The van der Waals surface area contributed by atoms with Gasteiger partial charge in [0.2, 0.25) is 0 Å². The van der Waals surface area contributed by atoms with Crippen molar-refractivity contribution in [1.82, 2.24) is 0 Å². The number of carboxylic acid groups (broad SMARTS) is 1. The normalized spacial score (nSPS) is 19.5. The molecule has 1 aromatic rings. The van der Waals surface area contributed by atoms with Crippen LogP contribution in [-0.4, -0.2) is 11.1 Å². The first kappa shape index (κ1) is 10.7. The lowest BCUT2D eigenvalue weighted by Gasteiger charge is -2.03. The van der Waals surface area contributed by atoms with E-state index in [1.54, 1.807) is 0 Å². The van der Waals surface area contributed by atoms with Crippen LogP contribution in [0, 0.1) is 5.92 Å². The number of thiophene rings is 1. The van der Waals surface area contributed by atoms with Crippen LogP contribution in [0.1, 0.15) is 41.5 Å². The van der Waals surface area contributed by atoms with Gasteiger partial charge in [-0.3, -0.25) is 4.79 Å². The Hall–Kier alpha value is -0.830. The molecule has 3 heteroatoms. The Morgan fingerprint density at radius 1 is 1.67 bits per heavy atom. The van der Waals surface area contributed by atoms with E-state index in [-0.39, 0.29) is 5.92 Å². The zero-order valence-corrected chi connectivity index (χ0v) is 9.93. The van der Waals surface area contributed by atoms with Crippen molar-refractivity contribution in [2.75, 3.05) is 0 Å². The molecule has 2 nitrogen and oxygen atoms in total. The van der Waals surface area contributed by atoms with Crippen LogP contribution in [0.15, 0.2) is 6.07 Å². The van der Waals surface area contributed by atoms with E-state index in [2.05, 4.69) is 19.9 Å². The Morgan fingerprint density at radius 3 is 3.00 bits per heavy atom. The highest BCUT2D eigenvalue weighted by Crippen LogP contribution is 2.39. The average molecular weight is 224 g/mol. The summed E-state index contributed by atoms with van der Waals surface area (Å²) in [7, 11) is 0. The Balaban J connectivity index is 2.22. The van der Waals surface area contributed by atoms with Crippen molar-refractivity contribution in [3.8, 4) is 0 Å². The summed E-state index contributed by atoms with van der Waals surface area (Å²) < 4.78 is 0. The second-order valence-electron chi connectivity index (χ2n) is 4.62. The second-order valence-corrected chi connectivity index (χ2v) is 5.84. The van der Waals surface area contributed by atoms with Gasteiger partial charge in [0, 0.05) is 9.75 Å². The summed E-state index contributed by atoms with van der Waals surface area (Å²) in [5.41, 5.74) is 1.09. The van der Waals surface area contributed by atoms with Gasteiger partial charge in [-0.1, -0.05) is 13.8 Å². The molecule has 82 valence electrons. The van der Waals surface area contributed by atoms with Gasteiger partial charge >= 0.3 is 5.97 Å². The van der Waals surface area contributed by atoms with E-state index in [9.17, 15) is 4.79 Å². The minimum Gasteiger partial charge on any atom is -0.481 e. The van der Waals surface area contributed by atoms with Gasteiger partial charge in [0.25, 0.3) is 0 Å². The maximum absolute atomic E-state index is 11.0. The lowest BCUT2D eigenvalue weighted by atomic mass is 10.0. The van der Waals surface area contributed by atoms with Crippen molar-refractivity contribution in [2.24, 2.45) is 5.92 Å². The molecule has 0 radical (unpaired) electrons. The first-order chi connectivity index (χ1) is 7.08. The molecule has 1 N–H and O–H groups in total. The molecule has 0 amide bonds. The summed E-state index contributed by atoms with van der Waals surface area (Å²) in [5, 5.41) is 9.06. The van der Waals surface area contributed by atoms with E-state index < -0.39 is 5.97 Å². The lowest BCUT2D eigenvalue weighted by molar-refractivity contribution is -0.138. The Kier molecular flexibility index (Phi) is 2.83. The number of hydrogen-bond acceptors (Lipinski definition) is 2. The zero-order chi connectivity index (χ0) is 11.0. The van der Waals surface area contributed by atoms with Gasteiger partial charge in [-0.15, -0.1) is 11.3 Å². The van der Waals surface area contributed by atoms with Crippen LogP contribution in [0.5, 0.6) is 0 Å². The molecule has 2 rings (SSSR count). The van der Waals surface area contributed by atoms with E-state index in [1.165, 1.54) is 9.75 Å². The van der Waals surface area contributed by atoms with Crippen molar-refractivity contribution < 1.29 is 9.90 Å². The summed E-state index contributed by atoms with van der Waals surface area (Å²) in [5.74, 6) is -0.258. The first-order valence-corrected chi connectivity index (χ1v) is 6.24. The van der Waals surface area contributed by atoms with Crippen LogP contribution in [0.3, 0.4) is 0 Å². The van der Waals surface area contributed by atoms with Crippen molar-refractivity contribution in [3.05, 3.63) is 21.4 Å². The smallest absolute Gasteiger partial charge is 0.311 e. The Labute approximate surface area is 93.9 Å². The highest BCUT2D eigenvalue weighted by atomic mass is 32.1. The molecular formula is C12H16O2S. The summed E-state index contributed by atoms with van der Waals surface area (Å²) in [4.78, 5) is 13.7. The third-order valence-corrected chi connectivity index (χ3v) is 4.07. The zero-order valence-electron chi connectivity index (χ0n) is 9.12. The molecule has 0 aliphatic heterocycles. The minimum atomic E-state index is -0.664. The summed E-state index contributed by atoms with van der Waals surface area (Å²) in [6, 6.07) is 2.12. The van der Waals surface area contributed by atoms with Gasteiger partial charge in [0.1, 0.15) is 0 Å². The largest absolute Gasteiger partial charge is 0.481 e. The van der Waals surface area contributed by atoms with Crippen LogP contribution in [0.2, 0.25) is 0 Å². The number of aryl methyl sites for hydroxylation is 1. The summed E-state index contributed by atoms with van der Waals surface area (Å²) in [6.07, 6.45) is 2.82. The lowest BCUT2D eigenvalue weighted by Crippen LogP contribution is -2.07. The third kappa shape index (κ3) is 2.07. The molecule has 0 fully saturated rings. The van der Waals surface area contributed by atoms with Gasteiger partial charge in [0.05, 0.1) is 5.92 Å². The monoisotopic (exact) mass is 224 g/mol. The number of aliphatic carboxylic acids is 1. The van der Waals surface area contributed by atoms with Crippen molar-refractivity contribution in [2.45, 2.75) is 39.0 Å². The average Bonchev–Trinajstić information content (AvgIpc) is 2.60. The molecule has 1 unspecified atom stereocenters. The maximum Gasteiger partial charge on any atom is 0.311 e. The number of hydrogen-bond donors (Lipinski definition) is 1. The number of carboxylic acids is 1. The van der Waals surface area contributed by atoms with E-state index >= 15 is 0 Å². The second kappa shape index (κ2) is 3.97. The summed E-state index contributed by atoms with van der Waals surface area (Å²) in [6.45, 7) is 4.39. The van der Waals surface area contributed by atoms with Gasteiger partial charge in [-0.05, 0) is 36.8 Å². The molecule has 0 saturated heterocycles. The molecule has 1 atom stereocenters. The van der Waals surface area contributed by atoms with E-state index in [0.717, 1.165) is 24.8 Å². The standard InChI is InChI=1S/C12H16O2S/c1-7(2)5-8-6-10-9(12(13)14)3-4-11(10)15-8/h6-7,9H,3-5H2,1-2H3,(H,13,14). The molecular weight excluding hydrogens is 208 g/mol. The Bertz CT molecular complexity index is 379. The van der Waals surface area contributed by atoms with Gasteiger partial charge in [-0.2, -0.15) is 0 Å². The topological polar surface area (TPSA) is 37.3 Å². The van der Waals surface area contributed by atoms with E-state index in [4.69, 9.17) is 5.11 Å². The molecule has 0 aromatic carbocycles. The third-order valence-electron chi connectivity index (χ3n) is 2.84. The van der Waals surface area contributed by atoms with Crippen LogP contribution < -0.4 is 0 Å². The molecule has 0 saturated carbocycles. The van der Waals surface area contributed by atoms with Crippen molar-refractivity contribution in [1.29, 1.82) is 0 Å². The van der Waals surface area contributed by atoms with Crippen LogP contribution in [0.4, 0.5) is 0 Å². The quantitative estimate of drug-likeness (QED) is 0.856. The molecule has 1 aliphatic carbocycles. The number of rotatable bonds is 3. The first-order valence-electron chi connectivity index (χ1n) is 5.42. The fourth-order valence-corrected chi connectivity index (χ4v) is 3.64. The molecule has 1 heterocycles. The fourth-order valence-electron chi connectivity index (χ4n) is 2.18. The van der Waals surface area contributed by atoms with Gasteiger partial charge in [-0.25, -0.2) is 0 Å². The van der Waals surface area contributed by atoms with Crippen molar-refractivity contribution >= 4 is 17.3 Å². The molecule has 0 bridgehead atoms. The summed E-state index contributed by atoms with van der Waals surface area (Å²) >= 11 is 1.81. The van der Waals surface area contributed by atoms with Crippen LogP contribution >= 0.6 is 11.3 Å². The highest BCUT2D eigenvalue weighted by Gasteiger charge is 2.30. The molecule has 0 spiro atoms. The molecule has 15 heavy (non-hydrogen) atoms. The Morgan fingerprint density at radius 2 is 2.40 bits per heavy atom. The fraction of sp³-hybridized carbons (Fsp3) is 0.583. The van der Waals surface area contributed by atoms with Gasteiger partial charge in [0.15, 0.2) is 0 Å².